The van der Waals surface area contributed by atoms with Gasteiger partial charge in [0.1, 0.15) is 11.9 Å². The van der Waals surface area contributed by atoms with Crippen LogP contribution in [-0.2, 0) is 12.8 Å². The molecule has 0 radical (unpaired) electrons. The Kier molecular flexibility index (Phi) is 6.71. The number of rotatable bonds is 5. The van der Waals surface area contributed by atoms with Crippen molar-refractivity contribution in [3.05, 3.63) is 46.3 Å². The molecule has 1 aromatic rings. The zero-order valence-electron chi connectivity index (χ0n) is 20.4. The number of allylic oxidation sites excluding steroid dienone is 1. The molecule has 3 aliphatic rings. The van der Waals surface area contributed by atoms with Crippen molar-refractivity contribution in [3.8, 4) is 0 Å². The molecule has 5 N–H and O–H groups in total. The Labute approximate surface area is 197 Å². The lowest BCUT2D eigenvalue weighted by Gasteiger charge is -2.48. The highest BCUT2D eigenvalue weighted by Crippen LogP contribution is 2.40. The normalized spacial score (nSPS) is 29.2. The zero-order valence-corrected chi connectivity index (χ0v) is 20.4. The van der Waals surface area contributed by atoms with Crippen LogP contribution in [0.3, 0.4) is 0 Å². The Bertz CT molecular complexity index is 967. The van der Waals surface area contributed by atoms with Crippen molar-refractivity contribution in [2.45, 2.75) is 89.9 Å². The third-order valence-corrected chi connectivity index (χ3v) is 7.61. The van der Waals surface area contributed by atoms with Crippen LogP contribution in [0.5, 0.6) is 0 Å². The molecule has 0 saturated carbocycles. The quantitative estimate of drug-likeness (QED) is 0.405. The van der Waals surface area contributed by atoms with Crippen molar-refractivity contribution in [1.82, 2.24) is 15.5 Å². The molecule has 180 valence electrons. The molecule has 0 aromatic heterocycles. The Hall–Kier alpha value is -2.54. The number of amides is 1. The first-order chi connectivity index (χ1) is 15.8. The highest BCUT2D eigenvalue weighted by molar-refractivity contribution is 5.96. The Morgan fingerprint density at radius 3 is 2.82 bits per heavy atom. The molecule has 4 unspecified atom stereocenters. The number of aliphatic imine (C=N–C) groups is 1. The van der Waals surface area contributed by atoms with Crippen LogP contribution in [0.25, 0.3) is 0 Å². The summed E-state index contributed by atoms with van der Waals surface area (Å²) >= 11 is 0. The van der Waals surface area contributed by atoms with Gasteiger partial charge in [-0.1, -0.05) is 19.1 Å². The van der Waals surface area contributed by atoms with Crippen LogP contribution < -0.4 is 16.4 Å². The fraction of sp³-hybridized carbons (Fsp3) is 0.615. The number of benzene rings is 1. The van der Waals surface area contributed by atoms with E-state index in [9.17, 15) is 9.90 Å². The van der Waals surface area contributed by atoms with Crippen LogP contribution in [0.4, 0.5) is 0 Å². The summed E-state index contributed by atoms with van der Waals surface area (Å²) in [6, 6.07) is 5.40. The van der Waals surface area contributed by atoms with Crippen LogP contribution in [0, 0.1) is 0 Å². The SMILES string of the molecule is CCCC(N)=NC1CNC(=C(C)C)N2CC(NC(=O)c3cccc4c3CCCC4)C(O)C12C. The maximum atomic E-state index is 13.4. The van der Waals surface area contributed by atoms with E-state index in [1.807, 2.05) is 19.1 Å². The van der Waals surface area contributed by atoms with Gasteiger partial charge in [0, 0.05) is 25.1 Å². The number of fused-ring (bicyclic) bond motifs is 2. The van der Waals surface area contributed by atoms with E-state index in [4.69, 9.17) is 10.7 Å². The number of nitrogens with one attached hydrogen (secondary N) is 2. The van der Waals surface area contributed by atoms with Gasteiger partial charge < -0.3 is 26.4 Å². The number of amidine groups is 1. The molecule has 1 aromatic carbocycles. The number of nitrogens with zero attached hydrogens (tertiary/aromatic N) is 2. The third-order valence-electron chi connectivity index (χ3n) is 7.61. The van der Waals surface area contributed by atoms with Crippen molar-refractivity contribution in [1.29, 1.82) is 0 Å². The van der Waals surface area contributed by atoms with E-state index in [-0.39, 0.29) is 11.9 Å². The van der Waals surface area contributed by atoms with Crippen LogP contribution in [-0.4, -0.2) is 58.6 Å². The average Bonchev–Trinajstić information content (AvgIpc) is 3.05. The number of carbonyl (C=O) groups excluding carboxylic acids is 1. The van der Waals surface area contributed by atoms with E-state index in [2.05, 4.69) is 42.4 Å². The largest absolute Gasteiger partial charge is 0.388 e. The van der Waals surface area contributed by atoms with Gasteiger partial charge in [-0.05, 0) is 75.6 Å². The Morgan fingerprint density at radius 2 is 2.09 bits per heavy atom. The summed E-state index contributed by atoms with van der Waals surface area (Å²) in [5.41, 5.74) is 9.86. The minimum atomic E-state index is -0.777. The molecule has 4 rings (SSSR count). The summed E-state index contributed by atoms with van der Waals surface area (Å²) in [5, 5.41) is 18.2. The summed E-state index contributed by atoms with van der Waals surface area (Å²) in [6.07, 6.45) is 5.14. The summed E-state index contributed by atoms with van der Waals surface area (Å²) in [5.74, 6) is 1.52. The fourth-order valence-electron chi connectivity index (χ4n) is 5.77. The highest BCUT2D eigenvalue weighted by atomic mass is 16.3. The van der Waals surface area contributed by atoms with Crippen LogP contribution in [0.15, 0.2) is 34.6 Å². The summed E-state index contributed by atoms with van der Waals surface area (Å²) in [7, 11) is 0. The van der Waals surface area contributed by atoms with Gasteiger partial charge in [-0.25, -0.2) is 0 Å². The number of aliphatic hydroxyl groups excluding tert-OH is 1. The van der Waals surface area contributed by atoms with Crippen LogP contribution in [0.2, 0.25) is 0 Å². The van der Waals surface area contributed by atoms with Crippen LogP contribution >= 0.6 is 0 Å². The van der Waals surface area contributed by atoms with Crippen molar-refractivity contribution in [2.24, 2.45) is 10.7 Å². The van der Waals surface area contributed by atoms with Gasteiger partial charge in [-0.2, -0.15) is 0 Å². The predicted octanol–water partition coefficient (Wildman–Crippen LogP) is 2.48. The second-order valence-electron chi connectivity index (χ2n) is 10.1. The van der Waals surface area contributed by atoms with Gasteiger partial charge in [-0.15, -0.1) is 0 Å². The van der Waals surface area contributed by atoms with Crippen molar-refractivity contribution < 1.29 is 9.90 Å². The highest BCUT2D eigenvalue weighted by Gasteiger charge is 2.58. The summed E-state index contributed by atoms with van der Waals surface area (Å²) < 4.78 is 0. The second kappa shape index (κ2) is 9.37. The van der Waals surface area contributed by atoms with Crippen molar-refractivity contribution >= 4 is 11.7 Å². The van der Waals surface area contributed by atoms with E-state index < -0.39 is 17.7 Å². The average molecular weight is 454 g/mol. The van der Waals surface area contributed by atoms with Gasteiger partial charge >= 0.3 is 0 Å². The smallest absolute Gasteiger partial charge is 0.251 e. The number of aliphatic hydroxyl groups is 1. The predicted molar refractivity (Wildman–Crippen MR) is 132 cm³/mol. The molecule has 7 heteroatoms. The molecule has 7 nitrogen and oxygen atoms in total. The first kappa shape index (κ1) is 23.6. The molecule has 1 amide bonds. The molecular formula is C26H39N5O2. The Morgan fingerprint density at radius 1 is 1.33 bits per heavy atom. The molecule has 0 spiro atoms. The molecule has 33 heavy (non-hydrogen) atoms. The van der Waals surface area contributed by atoms with E-state index in [0.29, 0.717) is 18.9 Å². The van der Waals surface area contributed by atoms with Gasteiger partial charge in [0.05, 0.1) is 23.5 Å². The Balaban J connectivity index is 1.62. The number of hydrogen-bond donors (Lipinski definition) is 4. The number of carbonyl (C=O) groups is 1. The van der Waals surface area contributed by atoms with Gasteiger partial charge in [0.25, 0.3) is 5.91 Å². The van der Waals surface area contributed by atoms with Gasteiger partial charge in [0.15, 0.2) is 0 Å². The third kappa shape index (κ3) is 4.23. The van der Waals surface area contributed by atoms with Crippen molar-refractivity contribution in [3.63, 3.8) is 0 Å². The van der Waals surface area contributed by atoms with E-state index in [1.165, 1.54) is 17.5 Å². The standard InChI is InChI=1S/C26H39N5O2/c1-5-9-22(27)30-21-14-28-24(16(2)3)31-15-20(23(32)26(21,31)4)29-25(33)19-13-8-11-17-10-6-7-12-18(17)19/h8,11,13,20-21,23,28,32H,5-7,9-10,12,14-15H2,1-4H3,(H2,27,30)(H,29,33). The molecule has 2 aliphatic heterocycles. The fourth-order valence-corrected chi connectivity index (χ4v) is 5.77. The molecular weight excluding hydrogens is 414 g/mol. The molecule has 4 atom stereocenters. The molecule has 1 aliphatic carbocycles. The minimum absolute atomic E-state index is 0.0986. The summed E-state index contributed by atoms with van der Waals surface area (Å²) in [6.45, 7) is 9.37. The lowest BCUT2D eigenvalue weighted by Crippen LogP contribution is -2.65. The maximum absolute atomic E-state index is 13.4. The molecule has 0 bridgehead atoms. The first-order valence-corrected chi connectivity index (χ1v) is 12.4. The number of hydrogen-bond acceptors (Lipinski definition) is 5. The van der Waals surface area contributed by atoms with E-state index in [1.54, 1.807) is 0 Å². The maximum Gasteiger partial charge on any atom is 0.251 e. The van der Waals surface area contributed by atoms with Crippen LogP contribution in [0.1, 0.15) is 74.9 Å². The molecule has 2 fully saturated rings. The minimum Gasteiger partial charge on any atom is -0.388 e. The van der Waals surface area contributed by atoms with Gasteiger partial charge in [-0.3, -0.25) is 9.79 Å². The second-order valence-corrected chi connectivity index (χ2v) is 10.1. The number of aryl methyl sites for hydroxylation is 1. The lowest BCUT2D eigenvalue weighted by atomic mass is 9.83. The van der Waals surface area contributed by atoms with E-state index >= 15 is 0 Å². The van der Waals surface area contributed by atoms with Crippen molar-refractivity contribution in [2.75, 3.05) is 13.1 Å². The first-order valence-electron chi connectivity index (χ1n) is 12.4. The zero-order chi connectivity index (χ0) is 23.8. The summed E-state index contributed by atoms with van der Waals surface area (Å²) in [4.78, 5) is 20.4. The topological polar surface area (TPSA) is 103 Å². The van der Waals surface area contributed by atoms with E-state index in [0.717, 1.165) is 49.1 Å². The molecule has 2 heterocycles. The number of nitrogens with two attached hydrogens (primary N) is 1. The molecule has 2 saturated heterocycles. The van der Waals surface area contributed by atoms with Gasteiger partial charge in [0.2, 0.25) is 0 Å². The monoisotopic (exact) mass is 453 g/mol. The lowest BCUT2D eigenvalue weighted by molar-refractivity contribution is 0.0137.